The maximum atomic E-state index is 11.7. The molecule has 0 bridgehead atoms. The van der Waals surface area contributed by atoms with Crippen molar-refractivity contribution in [3.8, 4) is 5.75 Å². The van der Waals surface area contributed by atoms with Gasteiger partial charge in [-0.15, -0.1) is 11.6 Å². The Morgan fingerprint density at radius 2 is 1.94 bits per heavy atom. The van der Waals surface area contributed by atoms with Gasteiger partial charge in [-0.25, -0.2) is 0 Å². The number of carbonyl (C=O) groups excluding carboxylic acids is 1. The molecule has 0 unspecified atom stereocenters. The predicted molar refractivity (Wildman–Crippen MR) is 66.5 cm³/mol. The highest BCUT2D eigenvalue weighted by atomic mass is 35.5. The zero-order valence-corrected chi connectivity index (χ0v) is 10.3. The minimum absolute atomic E-state index is 0.174. The van der Waals surface area contributed by atoms with Gasteiger partial charge in [-0.3, -0.25) is 4.79 Å². The van der Waals surface area contributed by atoms with E-state index in [2.05, 4.69) is 0 Å². The Balaban J connectivity index is 2.49. The van der Waals surface area contributed by atoms with Gasteiger partial charge in [0.25, 0.3) is 0 Å². The molecule has 0 heterocycles. The summed E-state index contributed by atoms with van der Waals surface area (Å²) < 4.78 is 5.31. The monoisotopic (exact) mass is 240 g/mol. The third-order valence-corrected chi connectivity index (χ3v) is 2.54. The first kappa shape index (κ1) is 13.0. The summed E-state index contributed by atoms with van der Waals surface area (Å²) in [4.78, 5) is 11.7. The Hall–Kier alpha value is -1.02. The fourth-order valence-electron chi connectivity index (χ4n) is 1.43. The molecule has 1 aromatic rings. The van der Waals surface area contributed by atoms with E-state index < -0.39 is 0 Å². The van der Waals surface area contributed by atoms with Gasteiger partial charge in [0.2, 0.25) is 0 Å². The normalized spacial score (nSPS) is 10.1. The molecule has 1 rings (SSSR count). The topological polar surface area (TPSA) is 26.3 Å². The van der Waals surface area contributed by atoms with E-state index in [1.165, 1.54) is 0 Å². The van der Waals surface area contributed by atoms with Crippen LogP contribution >= 0.6 is 11.6 Å². The zero-order chi connectivity index (χ0) is 11.8. The quantitative estimate of drug-likeness (QED) is 0.413. The summed E-state index contributed by atoms with van der Waals surface area (Å²) in [5.74, 6) is 1.60. The van der Waals surface area contributed by atoms with Crippen LogP contribution in [0.3, 0.4) is 0 Å². The van der Waals surface area contributed by atoms with Crippen LogP contribution in [0.2, 0.25) is 0 Å². The van der Waals surface area contributed by atoms with Crippen molar-refractivity contribution >= 4 is 17.4 Å². The van der Waals surface area contributed by atoms with Crippen molar-refractivity contribution in [1.29, 1.82) is 0 Å². The number of Topliss-reactive ketones (excluding diaryl/α,β-unsaturated/α-hetero) is 1. The second kappa shape index (κ2) is 7.29. The molecule has 2 nitrogen and oxygen atoms in total. The molecule has 0 radical (unpaired) electrons. The fourth-order valence-corrected chi connectivity index (χ4v) is 1.62. The van der Waals surface area contributed by atoms with Gasteiger partial charge in [-0.05, 0) is 44.0 Å². The van der Waals surface area contributed by atoms with E-state index in [4.69, 9.17) is 16.3 Å². The van der Waals surface area contributed by atoms with Gasteiger partial charge in [0, 0.05) is 17.9 Å². The molecule has 0 saturated heterocycles. The molecule has 0 fully saturated rings. The van der Waals surface area contributed by atoms with Crippen LogP contribution < -0.4 is 4.74 Å². The Morgan fingerprint density at radius 3 is 2.50 bits per heavy atom. The first-order valence-corrected chi connectivity index (χ1v) is 6.13. The van der Waals surface area contributed by atoms with E-state index >= 15 is 0 Å². The maximum Gasteiger partial charge on any atom is 0.162 e. The largest absolute Gasteiger partial charge is 0.494 e. The SMILES string of the molecule is CCOc1ccc(C(=O)CCCCCl)cc1. The molecule has 0 aliphatic carbocycles. The number of hydrogen-bond donors (Lipinski definition) is 0. The second-order valence-corrected chi connectivity index (χ2v) is 3.90. The second-order valence-electron chi connectivity index (χ2n) is 3.53. The number of halogens is 1. The van der Waals surface area contributed by atoms with Crippen LogP contribution in [0, 0.1) is 0 Å². The number of unbranched alkanes of at least 4 members (excludes halogenated alkanes) is 1. The standard InChI is InChI=1S/C13H17ClO2/c1-2-16-12-8-6-11(7-9-12)13(15)5-3-4-10-14/h6-9H,2-5,10H2,1H3. The lowest BCUT2D eigenvalue weighted by atomic mass is 10.1. The highest BCUT2D eigenvalue weighted by Crippen LogP contribution is 2.14. The Kier molecular flexibility index (Phi) is 5.94. The van der Waals surface area contributed by atoms with E-state index in [9.17, 15) is 4.79 Å². The molecule has 88 valence electrons. The molecule has 0 N–H and O–H groups in total. The highest BCUT2D eigenvalue weighted by molar-refractivity contribution is 6.17. The van der Waals surface area contributed by atoms with Crippen LogP contribution in [-0.2, 0) is 0 Å². The molecule has 0 amide bonds. The van der Waals surface area contributed by atoms with Crippen molar-refractivity contribution in [2.45, 2.75) is 26.2 Å². The van der Waals surface area contributed by atoms with Gasteiger partial charge in [-0.1, -0.05) is 0 Å². The molecule has 1 aromatic carbocycles. The molecule has 0 aliphatic rings. The summed E-state index contributed by atoms with van der Waals surface area (Å²) in [6.07, 6.45) is 2.32. The van der Waals surface area contributed by atoms with Crippen LogP contribution in [0.5, 0.6) is 5.75 Å². The number of alkyl halides is 1. The number of ketones is 1. The summed E-state index contributed by atoms with van der Waals surface area (Å²) in [5, 5.41) is 0. The van der Waals surface area contributed by atoms with E-state index in [1.807, 2.05) is 31.2 Å². The smallest absolute Gasteiger partial charge is 0.162 e. The summed E-state index contributed by atoms with van der Waals surface area (Å²) in [7, 11) is 0. The summed E-state index contributed by atoms with van der Waals surface area (Å²) >= 11 is 5.56. The summed E-state index contributed by atoms with van der Waals surface area (Å²) in [5.41, 5.74) is 0.748. The van der Waals surface area contributed by atoms with Gasteiger partial charge >= 0.3 is 0 Å². The molecular formula is C13H17ClO2. The fraction of sp³-hybridized carbons (Fsp3) is 0.462. The average molecular weight is 241 g/mol. The van der Waals surface area contributed by atoms with Gasteiger partial charge in [0.15, 0.2) is 5.78 Å². The van der Waals surface area contributed by atoms with Gasteiger partial charge in [-0.2, -0.15) is 0 Å². The van der Waals surface area contributed by atoms with Crippen molar-refractivity contribution < 1.29 is 9.53 Å². The molecule has 0 saturated carbocycles. The molecular weight excluding hydrogens is 224 g/mol. The molecule has 0 spiro atoms. The molecule has 0 atom stereocenters. The highest BCUT2D eigenvalue weighted by Gasteiger charge is 2.05. The lowest BCUT2D eigenvalue weighted by molar-refractivity contribution is 0.0980. The maximum absolute atomic E-state index is 11.7. The van der Waals surface area contributed by atoms with Crippen LogP contribution in [0.25, 0.3) is 0 Å². The van der Waals surface area contributed by atoms with E-state index in [0.717, 1.165) is 24.2 Å². The first-order valence-electron chi connectivity index (χ1n) is 5.60. The lowest BCUT2D eigenvalue weighted by Crippen LogP contribution is -1.99. The van der Waals surface area contributed by atoms with Crippen molar-refractivity contribution in [1.82, 2.24) is 0 Å². The first-order chi connectivity index (χ1) is 7.77. The average Bonchev–Trinajstić information content (AvgIpc) is 2.30. The van der Waals surface area contributed by atoms with E-state index in [0.29, 0.717) is 18.9 Å². The zero-order valence-electron chi connectivity index (χ0n) is 9.54. The van der Waals surface area contributed by atoms with E-state index in [1.54, 1.807) is 0 Å². The van der Waals surface area contributed by atoms with Crippen molar-refractivity contribution in [3.05, 3.63) is 29.8 Å². The Labute approximate surface area is 102 Å². The lowest BCUT2D eigenvalue weighted by Gasteiger charge is -2.04. The Bertz CT molecular complexity index is 319. The van der Waals surface area contributed by atoms with Gasteiger partial charge in [0.05, 0.1) is 6.61 Å². The third kappa shape index (κ3) is 4.23. The predicted octanol–water partition coefficient (Wildman–Crippen LogP) is 3.68. The van der Waals surface area contributed by atoms with Crippen molar-refractivity contribution in [2.24, 2.45) is 0 Å². The number of rotatable bonds is 7. The number of carbonyl (C=O) groups is 1. The van der Waals surface area contributed by atoms with Crippen molar-refractivity contribution in [2.75, 3.05) is 12.5 Å². The summed E-state index contributed by atoms with van der Waals surface area (Å²) in [6.45, 7) is 2.58. The third-order valence-electron chi connectivity index (χ3n) is 2.27. The van der Waals surface area contributed by atoms with E-state index in [-0.39, 0.29) is 5.78 Å². The van der Waals surface area contributed by atoms with Crippen LogP contribution in [-0.4, -0.2) is 18.3 Å². The number of hydrogen-bond acceptors (Lipinski definition) is 2. The minimum atomic E-state index is 0.174. The van der Waals surface area contributed by atoms with Gasteiger partial charge < -0.3 is 4.74 Å². The molecule has 0 aromatic heterocycles. The Morgan fingerprint density at radius 1 is 1.25 bits per heavy atom. The van der Waals surface area contributed by atoms with Crippen molar-refractivity contribution in [3.63, 3.8) is 0 Å². The molecule has 3 heteroatoms. The van der Waals surface area contributed by atoms with Crippen LogP contribution in [0.15, 0.2) is 24.3 Å². The van der Waals surface area contributed by atoms with Crippen LogP contribution in [0.1, 0.15) is 36.5 Å². The van der Waals surface area contributed by atoms with Gasteiger partial charge in [0.1, 0.15) is 5.75 Å². The molecule has 16 heavy (non-hydrogen) atoms. The molecule has 0 aliphatic heterocycles. The number of ether oxygens (including phenoxy) is 1. The number of benzene rings is 1. The van der Waals surface area contributed by atoms with Crippen LogP contribution in [0.4, 0.5) is 0 Å². The minimum Gasteiger partial charge on any atom is -0.494 e. The summed E-state index contributed by atoms with van der Waals surface area (Å²) in [6, 6.07) is 7.29.